The smallest absolute Gasteiger partial charge is 0.164 e. The number of benzene rings is 1. The van der Waals surface area contributed by atoms with Gasteiger partial charge in [0, 0.05) is 11.6 Å². The Labute approximate surface area is 131 Å². The summed E-state index contributed by atoms with van der Waals surface area (Å²) in [5.41, 5.74) is 2.38. The monoisotopic (exact) mass is 378 g/mol. The number of fused-ring (bicyclic) bond motifs is 1. The number of hydrogen-bond acceptors (Lipinski definition) is 3. The molecule has 0 saturated carbocycles. The molecule has 3 rings (SSSR count). The molecule has 0 bridgehead atoms. The number of para-hydroxylation sites is 1. The molecule has 0 atom stereocenters. The summed E-state index contributed by atoms with van der Waals surface area (Å²) >= 11 is 2.18. The molecule has 2 aromatic heterocycles. The van der Waals surface area contributed by atoms with Crippen molar-refractivity contribution in [2.24, 2.45) is 0 Å². The van der Waals surface area contributed by atoms with Crippen molar-refractivity contribution in [3.8, 4) is 0 Å². The average Bonchev–Trinajstić information content (AvgIpc) is 2.89. The van der Waals surface area contributed by atoms with Crippen LogP contribution in [0.1, 0.15) is 11.3 Å². The zero-order valence-corrected chi connectivity index (χ0v) is 13.1. The third-order valence-electron chi connectivity index (χ3n) is 3.22. The Kier molecular flexibility index (Phi) is 4.32. The van der Waals surface area contributed by atoms with Crippen molar-refractivity contribution in [1.29, 1.82) is 0 Å². The van der Waals surface area contributed by atoms with E-state index in [1.54, 1.807) is 0 Å². The second kappa shape index (κ2) is 6.37. The summed E-state index contributed by atoms with van der Waals surface area (Å²) in [4.78, 5) is 4.47. The van der Waals surface area contributed by atoms with Crippen LogP contribution in [-0.2, 0) is 13.0 Å². The van der Waals surface area contributed by atoms with Gasteiger partial charge in [0.05, 0.1) is 12.1 Å². The minimum Gasteiger partial charge on any atom is -0.454 e. The maximum atomic E-state index is 5.52. The van der Waals surface area contributed by atoms with Gasteiger partial charge in [-0.3, -0.25) is 4.98 Å². The predicted octanol–water partition coefficient (Wildman–Crippen LogP) is 3.76. The molecule has 102 valence electrons. The van der Waals surface area contributed by atoms with Gasteiger partial charge >= 0.3 is 0 Å². The molecular weight excluding hydrogens is 363 g/mol. The summed E-state index contributed by atoms with van der Waals surface area (Å²) in [7, 11) is 0. The molecule has 0 spiro atoms. The second-order valence-electron chi connectivity index (χ2n) is 4.62. The van der Waals surface area contributed by atoms with Crippen molar-refractivity contribution in [2.75, 3.05) is 6.54 Å². The molecule has 0 unspecified atom stereocenters. The summed E-state index contributed by atoms with van der Waals surface area (Å²) in [6.45, 7) is 1.67. The Morgan fingerprint density at radius 2 is 2.00 bits per heavy atom. The van der Waals surface area contributed by atoms with Gasteiger partial charge in [-0.15, -0.1) is 0 Å². The van der Waals surface area contributed by atoms with Crippen molar-refractivity contribution < 1.29 is 4.42 Å². The topological polar surface area (TPSA) is 38.1 Å². The molecule has 0 amide bonds. The Morgan fingerprint density at radius 1 is 1.10 bits per heavy atom. The standard InChI is InChI=1S/C16H15IN2O/c17-15-7-6-14(20-15)11-18-10-8-13-4-1-3-12-5-2-9-19-16(12)13/h1-7,9,18H,8,10-11H2. The molecule has 0 radical (unpaired) electrons. The number of pyridine rings is 1. The molecule has 1 N–H and O–H groups in total. The molecule has 3 nitrogen and oxygen atoms in total. The van der Waals surface area contributed by atoms with E-state index in [0.717, 1.165) is 34.6 Å². The number of furan rings is 1. The van der Waals surface area contributed by atoms with E-state index >= 15 is 0 Å². The minimum atomic E-state index is 0.765. The lowest BCUT2D eigenvalue weighted by molar-refractivity contribution is 0.464. The first-order valence-electron chi connectivity index (χ1n) is 6.60. The molecular formula is C16H15IN2O. The highest BCUT2D eigenvalue weighted by molar-refractivity contribution is 14.1. The fourth-order valence-corrected chi connectivity index (χ4v) is 2.71. The number of hydrogen-bond donors (Lipinski definition) is 1. The van der Waals surface area contributed by atoms with E-state index in [0.29, 0.717) is 0 Å². The first-order chi connectivity index (χ1) is 9.83. The van der Waals surface area contributed by atoms with Crippen molar-refractivity contribution in [3.63, 3.8) is 0 Å². The SMILES string of the molecule is Ic1ccc(CNCCc2cccc3cccnc23)o1. The van der Waals surface area contributed by atoms with Gasteiger partial charge in [0.1, 0.15) is 5.76 Å². The summed E-state index contributed by atoms with van der Waals surface area (Å²) < 4.78 is 6.45. The van der Waals surface area contributed by atoms with Crippen LogP contribution in [0.4, 0.5) is 0 Å². The van der Waals surface area contributed by atoms with E-state index in [1.807, 2.05) is 24.4 Å². The third kappa shape index (κ3) is 3.19. The van der Waals surface area contributed by atoms with E-state index < -0.39 is 0 Å². The molecule has 1 aromatic carbocycles. The van der Waals surface area contributed by atoms with Gasteiger partial charge in [-0.05, 0) is 59.3 Å². The van der Waals surface area contributed by atoms with E-state index in [2.05, 4.69) is 57.2 Å². The highest BCUT2D eigenvalue weighted by Gasteiger charge is 2.02. The first-order valence-corrected chi connectivity index (χ1v) is 7.68. The molecule has 3 aromatic rings. The van der Waals surface area contributed by atoms with Crippen LogP contribution < -0.4 is 5.32 Å². The summed E-state index contributed by atoms with van der Waals surface area (Å²) in [6, 6.07) is 14.4. The molecule has 0 aliphatic carbocycles. The molecule has 0 aliphatic rings. The number of halogens is 1. The van der Waals surface area contributed by atoms with Crippen LogP contribution in [-0.4, -0.2) is 11.5 Å². The van der Waals surface area contributed by atoms with Gasteiger partial charge in [0.2, 0.25) is 0 Å². The van der Waals surface area contributed by atoms with Gasteiger partial charge in [-0.2, -0.15) is 0 Å². The molecule has 0 saturated heterocycles. The quantitative estimate of drug-likeness (QED) is 0.543. The number of aromatic nitrogens is 1. The summed E-state index contributed by atoms with van der Waals surface area (Å²) in [6.07, 6.45) is 2.82. The van der Waals surface area contributed by atoms with Crippen LogP contribution in [0.15, 0.2) is 53.1 Å². The lowest BCUT2D eigenvalue weighted by Crippen LogP contribution is -2.16. The van der Waals surface area contributed by atoms with Crippen LogP contribution in [0.2, 0.25) is 0 Å². The van der Waals surface area contributed by atoms with E-state index in [4.69, 9.17) is 4.42 Å². The lowest BCUT2D eigenvalue weighted by atomic mass is 10.1. The van der Waals surface area contributed by atoms with Crippen molar-refractivity contribution in [3.05, 3.63) is 63.8 Å². The zero-order chi connectivity index (χ0) is 13.8. The van der Waals surface area contributed by atoms with Crippen LogP contribution in [0.3, 0.4) is 0 Å². The highest BCUT2D eigenvalue weighted by Crippen LogP contribution is 2.16. The molecule has 20 heavy (non-hydrogen) atoms. The zero-order valence-electron chi connectivity index (χ0n) is 11.0. The van der Waals surface area contributed by atoms with Crippen LogP contribution in [0, 0.1) is 3.77 Å². The van der Waals surface area contributed by atoms with E-state index in [1.165, 1.54) is 10.9 Å². The fourth-order valence-electron chi connectivity index (χ4n) is 2.25. The maximum absolute atomic E-state index is 5.52. The molecule has 2 heterocycles. The van der Waals surface area contributed by atoms with Crippen molar-refractivity contribution in [2.45, 2.75) is 13.0 Å². The summed E-state index contributed by atoms with van der Waals surface area (Å²) in [5, 5.41) is 4.60. The molecule has 4 heteroatoms. The van der Waals surface area contributed by atoms with Crippen molar-refractivity contribution >= 4 is 33.5 Å². The van der Waals surface area contributed by atoms with Crippen LogP contribution >= 0.6 is 22.6 Å². The Morgan fingerprint density at radius 3 is 2.85 bits per heavy atom. The maximum Gasteiger partial charge on any atom is 0.164 e. The number of nitrogens with zero attached hydrogens (tertiary/aromatic N) is 1. The Balaban J connectivity index is 1.60. The molecule has 0 aliphatic heterocycles. The number of rotatable bonds is 5. The van der Waals surface area contributed by atoms with E-state index in [9.17, 15) is 0 Å². The normalized spacial score (nSPS) is 11.1. The van der Waals surface area contributed by atoms with Gasteiger partial charge in [0.15, 0.2) is 3.77 Å². The van der Waals surface area contributed by atoms with Crippen molar-refractivity contribution in [1.82, 2.24) is 10.3 Å². The second-order valence-corrected chi connectivity index (χ2v) is 5.69. The van der Waals surface area contributed by atoms with Crippen LogP contribution in [0.5, 0.6) is 0 Å². The highest BCUT2D eigenvalue weighted by atomic mass is 127. The molecule has 0 fully saturated rings. The summed E-state index contributed by atoms with van der Waals surface area (Å²) in [5.74, 6) is 0.977. The average molecular weight is 378 g/mol. The van der Waals surface area contributed by atoms with Gasteiger partial charge in [-0.1, -0.05) is 24.3 Å². The Bertz CT molecular complexity index is 703. The van der Waals surface area contributed by atoms with Crippen LogP contribution in [0.25, 0.3) is 10.9 Å². The largest absolute Gasteiger partial charge is 0.454 e. The Hall–Kier alpha value is -1.40. The fraction of sp³-hybridized carbons (Fsp3) is 0.188. The minimum absolute atomic E-state index is 0.765. The lowest BCUT2D eigenvalue weighted by Gasteiger charge is -2.06. The van der Waals surface area contributed by atoms with E-state index in [-0.39, 0.29) is 0 Å². The van der Waals surface area contributed by atoms with Gasteiger partial charge in [0.25, 0.3) is 0 Å². The third-order valence-corrected chi connectivity index (χ3v) is 3.80. The predicted molar refractivity (Wildman–Crippen MR) is 88.6 cm³/mol. The van der Waals surface area contributed by atoms with Gasteiger partial charge < -0.3 is 9.73 Å². The number of nitrogens with one attached hydrogen (secondary N) is 1. The van der Waals surface area contributed by atoms with Gasteiger partial charge in [-0.25, -0.2) is 0 Å². The first kappa shape index (κ1) is 13.6.